The Morgan fingerprint density at radius 1 is 1.16 bits per heavy atom. The number of carbonyl (C=O) groups excluding carboxylic acids is 2. The highest BCUT2D eigenvalue weighted by atomic mass is 16.6. The third kappa shape index (κ3) is 7.06. The van der Waals surface area contributed by atoms with Gasteiger partial charge in [-0.05, 0) is 57.9 Å². The van der Waals surface area contributed by atoms with Crippen molar-refractivity contribution in [2.45, 2.75) is 53.1 Å². The number of ether oxygens (including phenoxy) is 2. The van der Waals surface area contributed by atoms with E-state index >= 15 is 0 Å². The lowest BCUT2D eigenvalue weighted by Crippen LogP contribution is -2.50. The average Bonchev–Trinajstić information content (AvgIpc) is 2.73. The molecule has 170 valence electrons. The van der Waals surface area contributed by atoms with E-state index < -0.39 is 5.60 Å². The Morgan fingerprint density at radius 3 is 2.39 bits per heavy atom. The molecule has 2 rings (SSSR count). The quantitative estimate of drug-likeness (QED) is 0.371. The molecule has 31 heavy (non-hydrogen) atoms. The molecule has 1 aromatic carbocycles. The number of nitrogens with zero attached hydrogens (tertiary/aromatic N) is 4. The zero-order valence-electron chi connectivity index (χ0n) is 19.3. The van der Waals surface area contributed by atoms with Crippen molar-refractivity contribution in [3.8, 4) is 6.19 Å². The highest BCUT2D eigenvalue weighted by Crippen LogP contribution is 2.28. The van der Waals surface area contributed by atoms with Crippen molar-refractivity contribution in [3.63, 3.8) is 0 Å². The highest BCUT2D eigenvalue weighted by Gasteiger charge is 2.26. The summed E-state index contributed by atoms with van der Waals surface area (Å²) in [7, 11) is 0. The van der Waals surface area contributed by atoms with Crippen LogP contribution in [0.1, 0.15) is 46.6 Å². The molecule has 1 fully saturated rings. The summed E-state index contributed by atoms with van der Waals surface area (Å²) in [6.45, 7) is 12.7. The van der Waals surface area contributed by atoms with E-state index in [0.29, 0.717) is 32.8 Å². The fourth-order valence-electron chi connectivity index (χ4n) is 3.45. The highest BCUT2D eigenvalue weighted by molar-refractivity contribution is 5.71. The molecule has 0 bridgehead atoms. The van der Waals surface area contributed by atoms with Crippen molar-refractivity contribution in [3.05, 3.63) is 23.8 Å². The Hall–Kier alpha value is -2.95. The Labute approximate surface area is 185 Å². The monoisotopic (exact) mass is 430 g/mol. The second kappa shape index (κ2) is 10.9. The predicted molar refractivity (Wildman–Crippen MR) is 120 cm³/mol. The molecule has 0 unspecified atom stereocenters. The summed E-state index contributed by atoms with van der Waals surface area (Å²) in [4.78, 5) is 29.5. The topological polar surface area (TPSA) is 86.1 Å². The first-order valence-electron chi connectivity index (χ1n) is 10.9. The SMILES string of the molecule is CCOC(=O)CCN(C#N)c1ccc(N2CCN(C(=O)OC(C)(C)C)CC2)cc1CC. The number of rotatable bonds is 7. The number of benzene rings is 1. The molecule has 1 heterocycles. The lowest BCUT2D eigenvalue weighted by atomic mass is 10.1. The molecular formula is C23H34N4O4. The molecule has 1 aliphatic heterocycles. The molecule has 0 spiro atoms. The van der Waals surface area contributed by atoms with Gasteiger partial charge in [-0.15, -0.1) is 0 Å². The molecule has 0 saturated carbocycles. The molecule has 0 aromatic heterocycles. The van der Waals surface area contributed by atoms with Crippen LogP contribution in [0.4, 0.5) is 16.2 Å². The number of amides is 1. The first-order chi connectivity index (χ1) is 14.7. The van der Waals surface area contributed by atoms with E-state index in [4.69, 9.17) is 9.47 Å². The van der Waals surface area contributed by atoms with Crippen LogP contribution in [0.2, 0.25) is 0 Å². The fraction of sp³-hybridized carbons (Fsp3) is 0.609. The molecule has 0 aliphatic carbocycles. The molecule has 0 atom stereocenters. The number of piperazine rings is 1. The second-order valence-corrected chi connectivity index (χ2v) is 8.43. The Morgan fingerprint density at radius 2 is 1.84 bits per heavy atom. The molecule has 8 heteroatoms. The lowest BCUT2D eigenvalue weighted by molar-refractivity contribution is -0.142. The van der Waals surface area contributed by atoms with Gasteiger partial charge in [0.25, 0.3) is 0 Å². The van der Waals surface area contributed by atoms with Crippen LogP contribution in [0.25, 0.3) is 0 Å². The first-order valence-corrected chi connectivity index (χ1v) is 10.9. The Bertz CT molecular complexity index is 805. The third-order valence-corrected chi connectivity index (χ3v) is 5.00. The summed E-state index contributed by atoms with van der Waals surface area (Å²) in [5.41, 5.74) is 2.41. The largest absolute Gasteiger partial charge is 0.466 e. The zero-order valence-corrected chi connectivity index (χ0v) is 19.3. The lowest BCUT2D eigenvalue weighted by Gasteiger charge is -2.37. The van der Waals surface area contributed by atoms with Gasteiger partial charge in [-0.3, -0.25) is 9.69 Å². The van der Waals surface area contributed by atoms with Gasteiger partial charge in [0.1, 0.15) is 5.60 Å². The number of carbonyl (C=O) groups is 2. The van der Waals surface area contributed by atoms with Gasteiger partial charge in [0.15, 0.2) is 6.19 Å². The van der Waals surface area contributed by atoms with Crippen LogP contribution in [0.15, 0.2) is 18.2 Å². The molecule has 1 aliphatic rings. The minimum absolute atomic E-state index is 0.166. The van der Waals surface area contributed by atoms with Gasteiger partial charge in [0, 0.05) is 38.4 Å². The van der Waals surface area contributed by atoms with Gasteiger partial charge < -0.3 is 19.3 Å². The van der Waals surface area contributed by atoms with Crippen LogP contribution in [0.5, 0.6) is 0 Å². The van der Waals surface area contributed by atoms with Gasteiger partial charge in [0.2, 0.25) is 0 Å². The third-order valence-electron chi connectivity index (χ3n) is 5.00. The molecule has 1 saturated heterocycles. The fourth-order valence-corrected chi connectivity index (χ4v) is 3.45. The number of hydrogen-bond acceptors (Lipinski definition) is 7. The molecule has 1 aromatic rings. The first kappa shape index (κ1) is 24.3. The van der Waals surface area contributed by atoms with E-state index in [9.17, 15) is 14.9 Å². The zero-order chi connectivity index (χ0) is 23.0. The van der Waals surface area contributed by atoms with Crippen LogP contribution < -0.4 is 9.80 Å². The second-order valence-electron chi connectivity index (χ2n) is 8.43. The van der Waals surface area contributed by atoms with Gasteiger partial charge in [-0.25, -0.2) is 4.79 Å². The predicted octanol–water partition coefficient (Wildman–Crippen LogP) is 3.55. The molecule has 1 amide bonds. The number of esters is 1. The van der Waals surface area contributed by atoms with E-state index in [2.05, 4.69) is 17.2 Å². The van der Waals surface area contributed by atoms with Gasteiger partial charge in [-0.1, -0.05) is 6.92 Å². The number of hydrogen-bond donors (Lipinski definition) is 0. The molecular weight excluding hydrogens is 396 g/mol. The Kier molecular flexibility index (Phi) is 8.55. The maximum Gasteiger partial charge on any atom is 0.410 e. The average molecular weight is 431 g/mol. The van der Waals surface area contributed by atoms with Crippen LogP contribution in [0.3, 0.4) is 0 Å². The van der Waals surface area contributed by atoms with E-state index in [1.54, 1.807) is 16.7 Å². The minimum atomic E-state index is -0.500. The maximum absolute atomic E-state index is 12.3. The minimum Gasteiger partial charge on any atom is -0.466 e. The number of nitriles is 1. The van der Waals surface area contributed by atoms with Crippen LogP contribution in [-0.4, -0.2) is 61.9 Å². The summed E-state index contributed by atoms with van der Waals surface area (Å²) in [6, 6.07) is 6.02. The summed E-state index contributed by atoms with van der Waals surface area (Å²) >= 11 is 0. The number of aryl methyl sites for hydroxylation is 1. The smallest absolute Gasteiger partial charge is 0.410 e. The van der Waals surface area contributed by atoms with Crippen LogP contribution >= 0.6 is 0 Å². The van der Waals surface area contributed by atoms with Gasteiger partial charge >= 0.3 is 12.1 Å². The van der Waals surface area contributed by atoms with E-state index in [1.807, 2.05) is 39.8 Å². The van der Waals surface area contributed by atoms with Crippen LogP contribution in [0, 0.1) is 11.5 Å². The molecule has 8 nitrogen and oxygen atoms in total. The van der Waals surface area contributed by atoms with Crippen molar-refractivity contribution in [1.82, 2.24) is 4.90 Å². The van der Waals surface area contributed by atoms with Crippen molar-refractivity contribution in [2.75, 3.05) is 49.1 Å². The summed E-state index contributed by atoms with van der Waals surface area (Å²) < 4.78 is 10.4. The van der Waals surface area contributed by atoms with E-state index in [-0.39, 0.29) is 25.0 Å². The normalized spacial score (nSPS) is 14.1. The summed E-state index contributed by atoms with van der Waals surface area (Å²) in [5, 5.41) is 9.59. The van der Waals surface area contributed by atoms with Crippen molar-refractivity contribution >= 4 is 23.4 Å². The summed E-state index contributed by atoms with van der Waals surface area (Å²) in [6.07, 6.45) is 2.83. The van der Waals surface area contributed by atoms with Gasteiger partial charge in [-0.2, -0.15) is 5.26 Å². The summed E-state index contributed by atoms with van der Waals surface area (Å²) in [5.74, 6) is -0.305. The number of anilines is 2. The maximum atomic E-state index is 12.3. The molecule has 0 N–H and O–H groups in total. The van der Waals surface area contributed by atoms with Crippen LogP contribution in [-0.2, 0) is 20.7 Å². The van der Waals surface area contributed by atoms with Crippen molar-refractivity contribution in [2.24, 2.45) is 0 Å². The van der Waals surface area contributed by atoms with Gasteiger partial charge in [0.05, 0.1) is 18.7 Å². The van der Waals surface area contributed by atoms with E-state index in [1.165, 1.54) is 0 Å². The van der Waals surface area contributed by atoms with Crippen molar-refractivity contribution in [1.29, 1.82) is 5.26 Å². The van der Waals surface area contributed by atoms with E-state index in [0.717, 1.165) is 23.4 Å². The Balaban J connectivity index is 2.04. The van der Waals surface area contributed by atoms with Crippen molar-refractivity contribution < 1.29 is 19.1 Å². The standard InChI is InChI=1S/C23H34N4O4/c1-6-18-16-19(8-9-20(18)27(17-24)11-10-21(28)30-7-2)25-12-14-26(15-13-25)22(29)31-23(3,4)5/h8-9,16H,6-7,10-15H2,1-5H3. The molecule has 0 radical (unpaired) electrons.